The second kappa shape index (κ2) is 4.62. The number of benzene rings is 1. The summed E-state index contributed by atoms with van der Waals surface area (Å²) in [5.41, 5.74) is 0.980. The molecule has 0 aliphatic rings. The number of rotatable bonds is 3. The van der Waals surface area contributed by atoms with E-state index in [2.05, 4.69) is 5.32 Å². The maximum absolute atomic E-state index is 10.8. The van der Waals surface area contributed by atoms with Gasteiger partial charge in [-0.2, -0.15) is 0 Å². The first-order valence-electron chi connectivity index (χ1n) is 3.76. The fourth-order valence-corrected chi connectivity index (χ4v) is 0.923. The first kappa shape index (κ1) is 9.74. The largest absolute Gasteiger partial charge is 0.346 e. The van der Waals surface area contributed by atoms with Crippen LogP contribution in [0, 0.1) is 5.41 Å². The van der Waals surface area contributed by atoms with E-state index in [1.165, 1.54) is 0 Å². The molecule has 1 aromatic rings. The average molecular weight is 197 g/mol. The van der Waals surface area contributed by atoms with Gasteiger partial charge < -0.3 is 5.32 Å². The summed E-state index contributed by atoms with van der Waals surface area (Å²) in [6.45, 7) is 0.398. The van der Waals surface area contributed by atoms with Crippen LogP contribution in [0.15, 0.2) is 30.3 Å². The highest BCUT2D eigenvalue weighted by molar-refractivity contribution is 6.81. The average Bonchev–Trinajstić information content (AvgIpc) is 2.15. The zero-order valence-corrected chi connectivity index (χ0v) is 7.64. The number of halogens is 1. The summed E-state index contributed by atoms with van der Waals surface area (Å²) < 4.78 is 0. The van der Waals surface area contributed by atoms with E-state index in [-0.39, 0.29) is 0 Å². The molecule has 0 fully saturated rings. The van der Waals surface area contributed by atoms with E-state index in [1.807, 2.05) is 30.3 Å². The second-order valence-electron chi connectivity index (χ2n) is 2.48. The highest BCUT2D eigenvalue weighted by Crippen LogP contribution is 1.97. The molecule has 13 heavy (non-hydrogen) atoms. The van der Waals surface area contributed by atoms with Crippen molar-refractivity contribution in [3.05, 3.63) is 35.9 Å². The van der Waals surface area contributed by atoms with Crippen molar-refractivity contribution in [3.8, 4) is 0 Å². The Morgan fingerprint density at radius 1 is 1.38 bits per heavy atom. The van der Waals surface area contributed by atoms with Crippen molar-refractivity contribution in [1.82, 2.24) is 5.32 Å². The van der Waals surface area contributed by atoms with Crippen molar-refractivity contribution in [2.24, 2.45) is 0 Å². The van der Waals surface area contributed by atoms with Gasteiger partial charge in [0, 0.05) is 6.54 Å². The minimum Gasteiger partial charge on any atom is -0.346 e. The van der Waals surface area contributed by atoms with Crippen LogP contribution >= 0.6 is 11.6 Å². The summed E-state index contributed by atoms with van der Waals surface area (Å²) in [7, 11) is 0. The molecule has 0 aliphatic heterocycles. The Bertz CT molecular complexity index is 311. The van der Waals surface area contributed by atoms with E-state index in [1.54, 1.807) is 0 Å². The summed E-state index contributed by atoms with van der Waals surface area (Å²) >= 11 is 5.17. The second-order valence-corrected chi connectivity index (χ2v) is 2.86. The lowest BCUT2D eigenvalue weighted by Crippen LogP contribution is -2.26. The Labute approximate surface area is 81.2 Å². The first-order valence-corrected chi connectivity index (χ1v) is 4.14. The standard InChI is InChI=1S/C9H9ClN2O/c10-8(11)9(13)12-6-7-4-2-1-3-5-7/h1-5,11H,6H2,(H,12,13). The van der Waals surface area contributed by atoms with Gasteiger partial charge >= 0.3 is 0 Å². The van der Waals surface area contributed by atoms with Gasteiger partial charge in [0.1, 0.15) is 0 Å². The van der Waals surface area contributed by atoms with E-state index in [9.17, 15) is 4.79 Å². The molecule has 0 atom stereocenters. The Balaban J connectivity index is 2.44. The molecule has 2 N–H and O–H groups in total. The zero-order chi connectivity index (χ0) is 9.68. The Morgan fingerprint density at radius 2 is 2.00 bits per heavy atom. The van der Waals surface area contributed by atoms with Crippen LogP contribution < -0.4 is 5.32 Å². The molecule has 0 saturated carbocycles. The third-order valence-corrected chi connectivity index (χ3v) is 1.67. The third-order valence-electron chi connectivity index (χ3n) is 1.50. The van der Waals surface area contributed by atoms with E-state index in [0.717, 1.165) is 5.56 Å². The van der Waals surface area contributed by atoms with Gasteiger partial charge in [0.05, 0.1) is 0 Å². The maximum Gasteiger partial charge on any atom is 0.281 e. The number of carbonyl (C=O) groups excluding carboxylic acids is 1. The van der Waals surface area contributed by atoms with Crippen molar-refractivity contribution in [3.63, 3.8) is 0 Å². The molecule has 0 heterocycles. The normalized spacial score (nSPS) is 9.31. The topological polar surface area (TPSA) is 53.0 Å². The highest BCUT2D eigenvalue weighted by Gasteiger charge is 2.03. The molecule has 1 amide bonds. The SMILES string of the molecule is N=C(Cl)C(=O)NCc1ccccc1. The lowest BCUT2D eigenvalue weighted by Gasteiger charge is -2.01. The maximum atomic E-state index is 10.8. The molecule has 4 heteroatoms. The van der Waals surface area contributed by atoms with Gasteiger partial charge in [-0.15, -0.1) is 0 Å². The summed E-state index contributed by atoms with van der Waals surface area (Å²) in [5, 5.41) is 8.83. The molecule has 1 aromatic carbocycles. The van der Waals surface area contributed by atoms with Crippen molar-refractivity contribution in [1.29, 1.82) is 5.41 Å². The number of hydrogen-bond acceptors (Lipinski definition) is 2. The number of hydrogen-bond donors (Lipinski definition) is 2. The first-order chi connectivity index (χ1) is 6.20. The molecule has 0 bridgehead atoms. The fraction of sp³-hybridized carbons (Fsp3) is 0.111. The molecule has 0 aliphatic carbocycles. The van der Waals surface area contributed by atoms with E-state index in [4.69, 9.17) is 17.0 Å². The van der Waals surface area contributed by atoms with Gasteiger partial charge in [-0.1, -0.05) is 41.9 Å². The van der Waals surface area contributed by atoms with Gasteiger partial charge in [-0.25, -0.2) is 0 Å². The Morgan fingerprint density at radius 3 is 2.54 bits per heavy atom. The van der Waals surface area contributed by atoms with Gasteiger partial charge in [0.15, 0.2) is 5.17 Å². The van der Waals surface area contributed by atoms with E-state index in [0.29, 0.717) is 6.54 Å². The molecule has 1 rings (SSSR count). The third kappa shape index (κ3) is 3.25. The summed E-state index contributed by atoms with van der Waals surface area (Å²) in [6.07, 6.45) is 0. The van der Waals surface area contributed by atoms with Gasteiger partial charge in [-0.3, -0.25) is 10.2 Å². The van der Waals surface area contributed by atoms with Crippen molar-refractivity contribution >= 4 is 22.7 Å². The molecule has 0 saturated heterocycles. The predicted molar refractivity (Wildman–Crippen MR) is 51.9 cm³/mol. The van der Waals surface area contributed by atoms with Crippen molar-refractivity contribution in [2.45, 2.75) is 6.54 Å². The predicted octanol–water partition coefficient (Wildman–Crippen LogP) is 1.52. The van der Waals surface area contributed by atoms with Crippen LogP contribution in [-0.4, -0.2) is 11.1 Å². The van der Waals surface area contributed by atoms with Crippen LogP contribution in [0.1, 0.15) is 5.56 Å². The van der Waals surface area contributed by atoms with E-state index >= 15 is 0 Å². The summed E-state index contributed by atoms with van der Waals surface area (Å²) in [6, 6.07) is 9.44. The highest BCUT2D eigenvalue weighted by atomic mass is 35.5. The number of amides is 1. The van der Waals surface area contributed by atoms with Crippen LogP contribution in [0.25, 0.3) is 0 Å². The lowest BCUT2D eigenvalue weighted by molar-refractivity contribution is -0.114. The van der Waals surface area contributed by atoms with Crippen molar-refractivity contribution in [2.75, 3.05) is 0 Å². The molecule has 0 radical (unpaired) electrons. The Kier molecular flexibility index (Phi) is 3.46. The molecule has 3 nitrogen and oxygen atoms in total. The summed E-state index contributed by atoms with van der Waals surface area (Å²) in [4.78, 5) is 10.8. The van der Waals surface area contributed by atoms with Crippen LogP contribution in [0.2, 0.25) is 0 Å². The van der Waals surface area contributed by atoms with Gasteiger partial charge in [-0.05, 0) is 5.56 Å². The molecule has 0 aromatic heterocycles. The van der Waals surface area contributed by atoms with Crippen LogP contribution in [0.4, 0.5) is 0 Å². The monoisotopic (exact) mass is 196 g/mol. The molecule has 0 spiro atoms. The summed E-state index contributed by atoms with van der Waals surface area (Å²) in [5.74, 6) is -0.550. The minimum atomic E-state index is -0.550. The van der Waals surface area contributed by atoms with Crippen LogP contribution in [-0.2, 0) is 11.3 Å². The molecular formula is C9H9ClN2O. The van der Waals surface area contributed by atoms with Gasteiger partial charge in [0.25, 0.3) is 5.91 Å². The Hall–Kier alpha value is -1.35. The van der Waals surface area contributed by atoms with Gasteiger partial charge in [0.2, 0.25) is 0 Å². The molecular weight excluding hydrogens is 188 g/mol. The number of nitrogens with one attached hydrogen (secondary N) is 2. The minimum absolute atomic E-state index is 0.398. The lowest BCUT2D eigenvalue weighted by atomic mass is 10.2. The quantitative estimate of drug-likeness (QED) is 0.708. The number of carbonyl (C=O) groups is 1. The zero-order valence-electron chi connectivity index (χ0n) is 6.88. The van der Waals surface area contributed by atoms with Crippen LogP contribution in [0.5, 0.6) is 0 Å². The van der Waals surface area contributed by atoms with Crippen LogP contribution in [0.3, 0.4) is 0 Å². The fourth-order valence-electron chi connectivity index (χ4n) is 0.856. The smallest absolute Gasteiger partial charge is 0.281 e. The van der Waals surface area contributed by atoms with Crippen molar-refractivity contribution < 1.29 is 4.79 Å². The molecule has 68 valence electrons. The molecule has 0 unspecified atom stereocenters. The van der Waals surface area contributed by atoms with E-state index < -0.39 is 11.1 Å².